The van der Waals surface area contributed by atoms with Gasteiger partial charge in [0.15, 0.2) is 0 Å². The zero-order valence-electron chi connectivity index (χ0n) is 9.29. The summed E-state index contributed by atoms with van der Waals surface area (Å²) < 4.78 is 0. The van der Waals surface area contributed by atoms with Gasteiger partial charge in [0.1, 0.15) is 0 Å². The number of aliphatic hydroxyl groups is 1. The summed E-state index contributed by atoms with van der Waals surface area (Å²) in [6, 6.07) is 0.372. The van der Waals surface area contributed by atoms with Gasteiger partial charge >= 0.3 is 0 Å². The van der Waals surface area contributed by atoms with Gasteiger partial charge in [0.25, 0.3) is 0 Å². The average Bonchev–Trinajstić information content (AvgIpc) is 2.18. The number of rotatable bonds is 4. The highest BCUT2D eigenvalue weighted by molar-refractivity contribution is 5.82. The van der Waals surface area contributed by atoms with E-state index in [0.717, 1.165) is 25.2 Å². The van der Waals surface area contributed by atoms with E-state index in [1.54, 1.807) is 0 Å². The van der Waals surface area contributed by atoms with Gasteiger partial charge in [-0.2, -0.15) is 0 Å². The van der Waals surface area contributed by atoms with Crippen LogP contribution in [0, 0.1) is 5.92 Å². The summed E-state index contributed by atoms with van der Waals surface area (Å²) in [5.74, 6) is 1.69. The van der Waals surface area contributed by atoms with E-state index in [-0.39, 0.29) is 6.61 Å². The lowest BCUT2D eigenvalue weighted by molar-refractivity contribution is 0.254. The maximum atomic E-state index is 8.94. The topological polar surface area (TPSA) is 44.6 Å². The number of nitrogens with one attached hydrogen (secondary N) is 1. The smallest absolute Gasteiger partial charge is 0.0965 e. The average molecular weight is 198 g/mol. The van der Waals surface area contributed by atoms with E-state index >= 15 is 0 Å². The fourth-order valence-corrected chi connectivity index (χ4v) is 1.74. The number of aliphatic imine (C=N–C) groups is 1. The highest BCUT2D eigenvalue weighted by Gasteiger charge is 2.15. The van der Waals surface area contributed by atoms with Crippen molar-refractivity contribution in [2.24, 2.45) is 10.9 Å². The van der Waals surface area contributed by atoms with Crippen LogP contribution in [0.5, 0.6) is 0 Å². The van der Waals surface area contributed by atoms with Crippen LogP contribution in [0.3, 0.4) is 0 Å². The second-order valence-electron chi connectivity index (χ2n) is 4.29. The molecule has 1 rings (SSSR count). The quantitative estimate of drug-likeness (QED) is 0.720. The van der Waals surface area contributed by atoms with Crippen LogP contribution in [-0.4, -0.2) is 30.1 Å². The number of nitrogens with zero attached hydrogens (tertiary/aromatic N) is 1. The highest BCUT2D eigenvalue weighted by Crippen LogP contribution is 2.09. The number of hydrogen-bond donors (Lipinski definition) is 2. The monoisotopic (exact) mass is 198 g/mol. The Morgan fingerprint density at radius 1 is 1.43 bits per heavy atom. The van der Waals surface area contributed by atoms with E-state index in [4.69, 9.17) is 5.11 Å². The van der Waals surface area contributed by atoms with Crippen LogP contribution in [0.15, 0.2) is 4.99 Å². The van der Waals surface area contributed by atoms with Crippen molar-refractivity contribution in [3.8, 4) is 0 Å². The molecule has 0 radical (unpaired) electrons. The predicted octanol–water partition coefficient (Wildman–Crippen LogP) is 1.57. The molecule has 0 bridgehead atoms. The third-order valence-corrected chi connectivity index (χ3v) is 2.72. The van der Waals surface area contributed by atoms with Gasteiger partial charge in [0, 0.05) is 25.6 Å². The van der Waals surface area contributed by atoms with Crippen LogP contribution in [0.2, 0.25) is 0 Å². The fourth-order valence-electron chi connectivity index (χ4n) is 1.74. The normalized spacial score (nSPS) is 19.3. The standard InChI is InChI=1S/C11H22N2O/c1-9(2)10(6-8-14)13-11-5-3-4-7-12-11/h9-10,14H,3-8H2,1-2H3,(H,12,13). The lowest BCUT2D eigenvalue weighted by atomic mass is 10.0. The molecular weight excluding hydrogens is 176 g/mol. The van der Waals surface area contributed by atoms with Gasteiger partial charge in [-0.05, 0) is 25.2 Å². The molecule has 3 nitrogen and oxygen atoms in total. The van der Waals surface area contributed by atoms with E-state index < -0.39 is 0 Å². The Bertz CT molecular complexity index is 190. The maximum absolute atomic E-state index is 8.94. The molecule has 3 heteroatoms. The van der Waals surface area contributed by atoms with Gasteiger partial charge in [-0.3, -0.25) is 4.99 Å². The molecule has 14 heavy (non-hydrogen) atoms. The Morgan fingerprint density at radius 2 is 2.21 bits per heavy atom. The maximum Gasteiger partial charge on any atom is 0.0965 e. The first-order valence-electron chi connectivity index (χ1n) is 5.64. The van der Waals surface area contributed by atoms with Gasteiger partial charge < -0.3 is 10.4 Å². The minimum absolute atomic E-state index is 0.253. The van der Waals surface area contributed by atoms with Gasteiger partial charge in [0.05, 0.1) is 5.84 Å². The van der Waals surface area contributed by atoms with Crippen molar-refractivity contribution < 1.29 is 5.11 Å². The van der Waals surface area contributed by atoms with E-state index in [1.807, 2.05) is 0 Å². The summed E-state index contributed by atoms with van der Waals surface area (Å²) in [6.07, 6.45) is 4.36. The van der Waals surface area contributed by atoms with Gasteiger partial charge in [-0.15, -0.1) is 0 Å². The van der Waals surface area contributed by atoms with E-state index in [2.05, 4.69) is 24.2 Å². The third kappa shape index (κ3) is 3.66. The molecule has 0 aromatic rings. The minimum Gasteiger partial charge on any atom is -0.396 e. The van der Waals surface area contributed by atoms with Crippen LogP contribution < -0.4 is 5.32 Å². The molecule has 0 aromatic heterocycles. The summed E-state index contributed by atoms with van der Waals surface area (Å²) in [6.45, 7) is 5.57. The number of amidine groups is 1. The van der Waals surface area contributed by atoms with Crippen molar-refractivity contribution in [2.45, 2.75) is 45.6 Å². The first-order chi connectivity index (χ1) is 6.74. The molecule has 0 spiro atoms. The largest absolute Gasteiger partial charge is 0.396 e. The molecule has 82 valence electrons. The zero-order chi connectivity index (χ0) is 10.4. The van der Waals surface area contributed by atoms with E-state index in [1.165, 1.54) is 12.8 Å². The Labute approximate surface area is 86.6 Å². The summed E-state index contributed by atoms with van der Waals surface area (Å²) in [5, 5.41) is 12.4. The molecular formula is C11H22N2O. The molecule has 1 atom stereocenters. The summed E-state index contributed by atoms with van der Waals surface area (Å²) in [4.78, 5) is 4.46. The molecule has 2 N–H and O–H groups in total. The Hall–Kier alpha value is -0.570. The molecule has 1 aliphatic heterocycles. The lowest BCUT2D eigenvalue weighted by Gasteiger charge is -2.25. The van der Waals surface area contributed by atoms with Crippen molar-refractivity contribution in [1.29, 1.82) is 0 Å². The summed E-state index contributed by atoms with van der Waals surface area (Å²) >= 11 is 0. The molecule has 0 aromatic carbocycles. The van der Waals surface area contributed by atoms with Gasteiger partial charge in [-0.25, -0.2) is 0 Å². The fraction of sp³-hybridized carbons (Fsp3) is 0.909. The number of hydrogen-bond acceptors (Lipinski definition) is 3. The van der Waals surface area contributed by atoms with Crippen molar-refractivity contribution in [1.82, 2.24) is 5.32 Å². The van der Waals surface area contributed by atoms with Gasteiger partial charge in [0.2, 0.25) is 0 Å². The van der Waals surface area contributed by atoms with Crippen molar-refractivity contribution in [2.75, 3.05) is 13.2 Å². The molecule has 0 fully saturated rings. The molecule has 0 saturated carbocycles. The Balaban J connectivity index is 2.41. The molecule has 1 aliphatic rings. The lowest BCUT2D eigenvalue weighted by Crippen LogP contribution is -2.40. The van der Waals surface area contributed by atoms with E-state index in [9.17, 15) is 0 Å². The minimum atomic E-state index is 0.253. The predicted molar refractivity (Wildman–Crippen MR) is 59.6 cm³/mol. The Kier molecular flexibility index (Phi) is 4.94. The second-order valence-corrected chi connectivity index (χ2v) is 4.29. The third-order valence-electron chi connectivity index (χ3n) is 2.72. The van der Waals surface area contributed by atoms with Crippen molar-refractivity contribution in [3.63, 3.8) is 0 Å². The van der Waals surface area contributed by atoms with Crippen LogP contribution in [-0.2, 0) is 0 Å². The SMILES string of the molecule is CC(C)C(CCO)NC1=NCCCC1. The summed E-state index contributed by atoms with van der Waals surface area (Å²) in [7, 11) is 0. The highest BCUT2D eigenvalue weighted by atomic mass is 16.3. The van der Waals surface area contributed by atoms with Crippen LogP contribution >= 0.6 is 0 Å². The van der Waals surface area contributed by atoms with Crippen LogP contribution in [0.4, 0.5) is 0 Å². The van der Waals surface area contributed by atoms with Gasteiger partial charge in [-0.1, -0.05) is 13.8 Å². The first kappa shape index (κ1) is 11.5. The number of aliphatic hydroxyl groups excluding tert-OH is 1. The van der Waals surface area contributed by atoms with Crippen molar-refractivity contribution >= 4 is 5.84 Å². The first-order valence-corrected chi connectivity index (χ1v) is 5.64. The van der Waals surface area contributed by atoms with Crippen molar-refractivity contribution in [3.05, 3.63) is 0 Å². The molecule has 1 heterocycles. The molecule has 0 amide bonds. The van der Waals surface area contributed by atoms with Crippen LogP contribution in [0.1, 0.15) is 39.5 Å². The van der Waals surface area contributed by atoms with Crippen LogP contribution in [0.25, 0.3) is 0 Å². The molecule has 0 aliphatic carbocycles. The summed E-state index contributed by atoms with van der Waals surface area (Å²) in [5.41, 5.74) is 0. The Morgan fingerprint density at radius 3 is 2.71 bits per heavy atom. The molecule has 1 unspecified atom stereocenters. The van der Waals surface area contributed by atoms with E-state index in [0.29, 0.717) is 12.0 Å². The second kappa shape index (κ2) is 6.02. The molecule has 0 saturated heterocycles. The zero-order valence-corrected chi connectivity index (χ0v) is 9.29.